The van der Waals surface area contributed by atoms with Crippen molar-refractivity contribution in [2.75, 3.05) is 6.54 Å². The summed E-state index contributed by atoms with van der Waals surface area (Å²) in [7, 11) is -4.05. The normalized spacial score (nSPS) is 15.5. The zero-order valence-electron chi connectivity index (χ0n) is 19.8. The summed E-state index contributed by atoms with van der Waals surface area (Å²) in [4.78, 5) is 40.1. The van der Waals surface area contributed by atoms with Gasteiger partial charge in [-0.2, -0.15) is 0 Å². The van der Waals surface area contributed by atoms with Gasteiger partial charge in [-0.15, -0.1) is 0 Å². The Balaban J connectivity index is 1.83. The van der Waals surface area contributed by atoms with Crippen LogP contribution >= 0.6 is 23.2 Å². The monoisotopic (exact) mass is 539 g/mol. The van der Waals surface area contributed by atoms with Crippen LogP contribution in [0.3, 0.4) is 0 Å². The number of rotatable bonds is 7. The van der Waals surface area contributed by atoms with Crippen molar-refractivity contribution in [2.24, 2.45) is 0 Å². The lowest BCUT2D eigenvalue weighted by Gasteiger charge is -2.32. The maximum atomic E-state index is 13.3. The topological polar surface area (TPSA) is 104 Å². The summed E-state index contributed by atoms with van der Waals surface area (Å²) in [6.45, 7) is 6.75. The van der Waals surface area contributed by atoms with Crippen LogP contribution in [0.1, 0.15) is 50.0 Å². The van der Waals surface area contributed by atoms with Gasteiger partial charge in [0.1, 0.15) is 10.9 Å². The van der Waals surface area contributed by atoms with E-state index in [-0.39, 0.29) is 35.9 Å². The van der Waals surface area contributed by atoms with Crippen molar-refractivity contribution >= 4 is 50.9 Å². The van der Waals surface area contributed by atoms with Gasteiger partial charge in [0.2, 0.25) is 11.8 Å². The third-order valence-electron chi connectivity index (χ3n) is 5.44. The Labute approximate surface area is 215 Å². The highest BCUT2D eigenvalue weighted by molar-refractivity contribution is 7.90. The molecule has 2 aromatic rings. The van der Waals surface area contributed by atoms with Crippen LogP contribution in [0.25, 0.3) is 0 Å². The first-order chi connectivity index (χ1) is 16.2. The van der Waals surface area contributed by atoms with Gasteiger partial charge in [0, 0.05) is 25.0 Å². The van der Waals surface area contributed by atoms with Crippen LogP contribution in [0, 0.1) is 0 Å². The largest absolute Gasteiger partial charge is 0.350 e. The first-order valence-electron chi connectivity index (χ1n) is 10.9. The van der Waals surface area contributed by atoms with Crippen molar-refractivity contribution in [3.63, 3.8) is 0 Å². The van der Waals surface area contributed by atoms with Crippen molar-refractivity contribution in [2.45, 2.75) is 57.1 Å². The van der Waals surface area contributed by atoms with E-state index >= 15 is 0 Å². The number of hydrogen-bond acceptors (Lipinski definition) is 5. The summed E-state index contributed by atoms with van der Waals surface area (Å²) in [6, 6.07) is 9.92. The average molecular weight is 540 g/mol. The summed E-state index contributed by atoms with van der Waals surface area (Å²) in [6.07, 6.45) is -0.298. The van der Waals surface area contributed by atoms with E-state index in [4.69, 9.17) is 23.2 Å². The molecule has 2 aromatic carbocycles. The van der Waals surface area contributed by atoms with E-state index in [0.717, 1.165) is 0 Å². The molecule has 188 valence electrons. The molecule has 1 atom stereocenters. The quantitative estimate of drug-likeness (QED) is 0.575. The molecule has 3 amide bonds. The summed E-state index contributed by atoms with van der Waals surface area (Å²) >= 11 is 12.1. The molecule has 0 fully saturated rings. The Hall–Kier alpha value is -2.62. The molecule has 1 N–H and O–H groups in total. The molecule has 1 aliphatic rings. The average Bonchev–Trinajstić information content (AvgIpc) is 2.96. The maximum absolute atomic E-state index is 13.3. The highest BCUT2D eigenvalue weighted by Gasteiger charge is 2.41. The summed E-state index contributed by atoms with van der Waals surface area (Å²) < 4.78 is 26.4. The molecule has 0 bridgehead atoms. The zero-order valence-corrected chi connectivity index (χ0v) is 22.2. The van der Waals surface area contributed by atoms with Gasteiger partial charge in [-0.05, 0) is 57.5 Å². The Morgan fingerprint density at radius 2 is 1.74 bits per heavy atom. The predicted octanol–water partition coefficient (Wildman–Crippen LogP) is 3.86. The Morgan fingerprint density at radius 1 is 1.09 bits per heavy atom. The van der Waals surface area contributed by atoms with Gasteiger partial charge in [0.05, 0.1) is 15.6 Å². The molecule has 0 radical (unpaired) electrons. The molecule has 11 heteroatoms. The van der Waals surface area contributed by atoms with Crippen LogP contribution in [0.15, 0.2) is 47.4 Å². The van der Waals surface area contributed by atoms with Gasteiger partial charge in [-0.25, -0.2) is 12.7 Å². The summed E-state index contributed by atoms with van der Waals surface area (Å²) in [5.41, 5.74) is 0.192. The summed E-state index contributed by atoms with van der Waals surface area (Å²) in [5.74, 6) is -1.54. The van der Waals surface area contributed by atoms with Gasteiger partial charge < -0.3 is 10.2 Å². The molecule has 1 heterocycles. The molecule has 0 aliphatic carbocycles. The molecule has 0 unspecified atom stereocenters. The van der Waals surface area contributed by atoms with Crippen LogP contribution in [0.5, 0.6) is 0 Å². The second-order valence-electron chi connectivity index (χ2n) is 9.31. The standard InChI is InChI=1S/C24H27Cl2N3O5S/c1-15(22(31)27-24(2,3)4)28(14-16-9-10-18(25)19(26)13-16)21(30)11-12-29-23(32)17-7-5-6-8-20(17)35(29,33)34/h5-10,13,15H,11-12,14H2,1-4H3,(H,27,31)/t15-/m1/s1. The molecule has 3 rings (SSSR count). The van der Waals surface area contributed by atoms with Crippen molar-refractivity contribution in [3.05, 3.63) is 63.6 Å². The second kappa shape index (κ2) is 10.2. The van der Waals surface area contributed by atoms with E-state index in [0.29, 0.717) is 19.9 Å². The van der Waals surface area contributed by atoms with Crippen LogP contribution in [0.2, 0.25) is 10.0 Å². The van der Waals surface area contributed by atoms with Gasteiger partial charge in [-0.1, -0.05) is 41.4 Å². The fraction of sp³-hybridized carbons (Fsp3) is 0.375. The number of nitrogens with zero attached hydrogens (tertiary/aromatic N) is 2. The molecule has 0 spiro atoms. The van der Waals surface area contributed by atoms with Gasteiger partial charge in [0.15, 0.2) is 0 Å². The fourth-order valence-electron chi connectivity index (χ4n) is 3.68. The van der Waals surface area contributed by atoms with Gasteiger partial charge in [0.25, 0.3) is 15.9 Å². The molecule has 35 heavy (non-hydrogen) atoms. The minimum absolute atomic E-state index is 0.0371. The third-order valence-corrected chi connectivity index (χ3v) is 8.02. The van der Waals surface area contributed by atoms with Crippen LogP contribution in [0.4, 0.5) is 0 Å². The van der Waals surface area contributed by atoms with E-state index < -0.39 is 33.4 Å². The van der Waals surface area contributed by atoms with Crippen molar-refractivity contribution in [1.82, 2.24) is 14.5 Å². The highest BCUT2D eigenvalue weighted by Crippen LogP contribution is 2.30. The van der Waals surface area contributed by atoms with Crippen LogP contribution < -0.4 is 5.32 Å². The van der Waals surface area contributed by atoms with Gasteiger partial charge >= 0.3 is 0 Å². The van der Waals surface area contributed by atoms with E-state index in [9.17, 15) is 22.8 Å². The van der Waals surface area contributed by atoms with Crippen LogP contribution in [-0.4, -0.2) is 53.5 Å². The second-order valence-corrected chi connectivity index (χ2v) is 12.0. The predicted molar refractivity (Wildman–Crippen MR) is 134 cm³/mol. The molecule has 8 nitrogen and oxygen atoms in total. The Kier molecular flexibility index (Phi) is 7.83. The molecular weight excluding hydrogens is 513 g/mol. The number of carbonyl (C=O) groups is 3. The smallest absolute Gasteiger partial charge is 0.269 e. The lowest BCUT2D eigenvalue weighted by molar-refractivity contribution is -0.141. The highest BCUT2D eigenvalue weighted by atomic mass is 35.5. The SMILES string of the molecule is C[C@H](C(=O)NC(C)(C)C)N(Cc1ccc(Cl)c(Cl)c1)C(=O)CCN1C(=O)c2ccccc2S1(=O)=O. The number of carbonyl (C=O) groups excluding carboxylic acids is 3. The molecular formula is C24H27Cl2N3O5S. The molecule has 0 saturated heterocycles. The lowest BCUT2D eigenvalue weighted by Crippen LogP contribution is -2.52. The van der Waals surface area contributed by atoms with Crippen molar-refractivity contribution < 1.29 is 22.8 Å². The molecule has 0 aromatic heterocycles. The van der Waals surface area contributed by atoms with E-state index in [1.165, 1.54) is 23.1 Å². The zero-order chi connectivity index (χ0) is 26.1. The number of hydrogen-bond donors (Lipinski definition) is 1. The molecule has 0 saturated carbocycles. The van der Waals surface area contributed by atoms with Crippen molar-refractivity contribution in [3.8, 4) is 0 Å². The number of benzene rings is 2. The Bertz CT molecular complexity index is 1270. The number of amides is 3. The minimum atomic E-state index is -4.05. The first-order valence-corrected chi connectivity index (χ1v) is 13.1. The van der Waals surface area contributed by atoms with Crippen LogP contribution in [-0.2, 0) is 26.2 Å². The third kappa shape index (κ3) is 5.97. The van der Waals surface area contributed by atoms with Crippen molar-refractivity contribution in [1.29, 1.82) is 0 Å². The first kappa shape index (κ1) is 27.0. The fourth-order valence-corrected chi connectivity index (χ4v) is 5.57. The molecule has 1 aliphatic heterocycles. The number of halogens is 2. The minimum Gasteiger partial charge on any atom is -0.350 e. The number of fused-ring (bicyclic) bond motifs is 1. The summed E-state index contributed by atoms with van der Waals surface area (Å²) in [5, 5.41) is 3.50. The lowest BCUT2D eigenvalue weighted by atomic mass is 10.1. The number of sulfonamides is 1. The van der Waals surface area contributed by atoms with E-state index in [1.54, 1.807) is 31.2 Å². The van der Waals surface area contributed by atoms with Gasteiger partial charge in [-0.3, -0.25) is 14.4 Å². The maximum Gasteiger partial charge on any atom is 0.269 e. The number of nitrogens with one attached hydrogen (secondary N) is 1. The van der Waals surface area contributed by atoms with E-state index in [2.05, 4.69) is 5.32 Å². The Morgan fingerprint density at radius 3 is 2.34 bits per heavy atom. The van der Waals surface area contributed by atoms with E-state index in [1.807, 2.05) is 20.8 Å².